The molecule has 0 aromatic heterocycles. The van der Waals surface area contributed by atoms with E-state index in [0.717, 1.165) is 12.8 Å². The summed E-state index contributed by atoms with van der Waals surface area (Å²) in [5.74, 6) is -2.07. The summed E-state index contributed by atoms with van der Waals surface area (Å²) in [4.78, 5) is 26.9. The molecule has 0 radical (unpaired) electrons. The van der Waals surface area contributed by atoms with Gasteiger partial charge in [0.05, 0.1) is 17.2 Å². The van der Waals surface area contributed by atoms with Gasteiger partial charge in [-0.25, -0.2) is 8.42 Å². The van der Waals surface area contributed by atoms with Crippen molar-refractivity contribution in [2.45, 2.75) is 36.3 Å². The van der Waals surface area contributed by atoms with Crippen LogP contribution in [-0.4, -0.2) is 49.2 Å². The van der Waals surface area contributed by atoms with Gasteiger partial charge in [-0.05, 0) is 24.5 Å². The van der Waals surface area contributed by atoms with Crippen molar-refractivity contribution in [1.29, 1.82) is 5.26 Å². The highest BCUT2D eigenvalue weighted by Crippen LogP contribution is 2.47. The van der Waals surface area contributed by atoms with Crippen LogP contribution in [0.3, 0.4) is 0 Å². The second kappa shape index (κ2) is 6.34. The Morgan fingerprint density at radius 2 is 2.00 bits per heavy atom. The molecule has 142 valence electrons. The number of anilines is 1. The molecule has 2 amide bonds. The van der Waals surface area contributed by atoms with E-state index in [-0.39, 0.29) is 19.0 Å². The van der Waals surface area contributed by atoms with E-state index in [0.29, 0.717) is 24.1 Å². The Labute approximate surface area is 158 Å². The lowest BCUT2D eigenvalue weighted by molar-refractivity contribution is -0.128. The molecule has 1 saturated heterocycles. The van der Waals surface area contributed by atoms with Crippen molar-refractivity contribution < 1.29 is 18.0 Å². The number of nitrogens with one attached hydrogen (secondary N) is 1. The maximum atomic E-state index is 12.8. The van der Waals surface area contributed by atoms with E-state index in [9.17, 15) is 23.3 Å². The van der Waals surface area contributed by atoms with Gasteiger partial charge in [0.15, 0.2) is 9.84 Å². The van der Waals surface area contributed by atoms with Crippen LogP contribution in [0.25, 0.3) is 0 Å². The van der Waals surface area contributed by atoms with Crippen molar-refractivity contribution in [3.05, 3.63) is 29.8 Å². The number of carbonyl (C=O) groups is 2. The fourth-order valence-electron chi connectivity index (χ4n) is 4.66. The van der Waals surface area contributed by atoms with Gasteiger partial charge in [-0.2, -0.15) is 5.26 Å². The van der Waals surface area contributed by atoms with Gasteiger partial charge in [0.1, 0.15) is 11.2 Å². The lowest BCUT2D eigenvalue weighted by Gasteiger charge is -2.24. The van der Waals surface area contributed by atoms with E-state index in [2.05, 4.69) is 11.4 Å². The zero-order valence-corrected chi connectivity index (χ0v) is 15.7. The Kier molecular flexibility index (Phi) is 4.22. The number of hydrogen-bond acceptors (Lipinski definition) is 5. The molecule has 1 aromatic rings. The van der Waals surface area contributed by atoms with E-state index in [4.69, 9.17) is 0 Å². The minimum absolute atomic E-state index is 0.0348. The largest absolute Gasteiger partial charge is 0.339 e. The molecule has 0 bridgehead atoms. The Morgan fingerprint density at radius 3 is 2.70 bits per heavy atom. The van der Waals surface area contributed by atoms with E-state index in [1.807, 2.05) is 0 Å². The zero-order chi connectivity index (χ0) is 19.2. The quantitative estimate of drug-likeness (QED) is 0.839. The Bertz CT molecular complexity index is 946. The third kappa shape index (κ3) is 2.72. The van der Waals surface area contributed by atoms with Gasteiger partial charge in [-0.1, -0.05) is 31.0 Å². The Hall–Kier alpha value is -2.40. The fourth-order valence-corrected chi connectivity index (χ4v) is 6.48. The smallest absolute Gasteiger partial charge is 0.238 e. The summed E-state index contributed by atoms with van der Waals surface area (Å²) in [6.45, 7) is 0.102. The van der Waals surface area contributed by atoms with Crippen molar-refractivity contribution in [3.63, 3.8) is 0 Å². The summed E-state index contributed by atoms with van der Waals surface area (Å²) in [5, 5.41) is 12.0. The van der Waals surface area contributed by atoms with Crippen LogP contribution >= 0.6 is 0 Å². The van der Waals surface area contributed by atoms with Crippen molar-refractivity contribution in [3.8, 4) is 6.07 Å². The van der Waals surface area contributed by atoms with Crippen molar-refractivity contribution in [2.24, 2.45) is 5.92 Å². The summed E-state index contributed by atoms with van der Waals surface area (Å²) in [7, 11) is -3.50. The van der Waals surface area contributed by atoms with Gasteiger partial charge in [-0.3, -0.25) is 9.59 Å². The van der Waals surface area contributed by atoms with E-state index < -0.39 is 38.1 Å². The first kappa shape index (κ1) is 18.0. The number of nitriles is 1. The number of likely N-dealkylation sites (tertiary alicyclic amines) is 1. The zero-order valence-electron chi connectivity index (χ0n) is 14.8. The summed E-state index contributed by atoms with van der Waals surface area (Å²) in [6, 6.07) is 9.32. The molecule has 1 aromatic carbocycles. The topological polar surface area (TPSA) is 107 Å². The van der Waals surface area contributed by atoms with Gasteiger partial charge >= 0.3 is 0 Å². The van der Waals surface area contributed by atoms with Crippen LogP contribution in [0.15, 0.2) is 24.3 Å². The summed E-state index contributed by atoms with van der Waals surface area (Å²) in [6.07, 6.45) is 2.96. The van der Waals surface area contributed by atoms with Gasteiger partial charge in [0, 0.05) is 18.8 Å². The number of benzene rings is 1. The highest BCUT2D eigenvalue weighted by Gasteiger charge is 2.58. The van der Waals surface area contributed by atoms with Crippen LogP contribution in [0.2, 0.25) is 0 Å². The minimum atomic E-state index is -3.50. The van der Waals surface area contributed by atoms with Crippen LogP contribution < -0.4 is 5.32 Å². The molecule has 2 heterocycles. The van der Waals surface area contributed by atoms with Gasteiger partial charge in [0.25, 0.3) is 0 Å². The summed E-state index contributed by atoms with van der Waals surface area (Å²) < 4.78 is 25.1. The van der Waals surface area contributed by atoms with Crippen LogP contribution in [-0.2, 0) is 24.8 Å². The number of sulfone groups is 1. The number of nitrogens with zero attached hydrogens (tertiary/aromatic N) is 2. The van der Waals surface area contributed by atoms with E-state index >= 15 is 0 Å². The molecule has 7 nitrogen and oxygen atoms in total. The average Bonchev–Trinajstić information content (AvgIpc) is 3.35. The molecule has 8 heteroatoms. The molecule has 1 aliphatic carbocycles. The number of carbonyl (C=O) groups excluding carboxylic acids is 2. The number of fused-ring (bicyclic) bond motifs is 2. The lowest BCUT2D eigenvalue weighted by atomic mass is 9.74. The highest BCUT2D eigenvalue weighted by atomic mass is 32.2. The van der Waals surface area contributed by atoms with Gasteiger partial charge in [0.2, 0.25) is 11.8 Å². The number of rotatable bonds is 3. The second-order valence-electron chi connectivity index (χ2n) is 7.64. The molecule has 2 aliphatic heterocycles. The first-order valence-corrected chi connectivity index (χ1v) is 10.9. The van der Waals surface area contributed by atoms with Gasteiger partial charge in [-0.15, -0.1) is 0 Å². The summed E-state index contributed by atoms with van der Waals surface area (Å²) in [5.41, 5.74) is 0.226. The molecule has 3 aliphatic rings. The molecule has 2 atom stereocenters. The Balaban J connectivity index is 1.60. The summed E-state index contributed by atoms with van der Waals surface area (Å²) >= 11 is 0. The molecule has 27 heavy (non-hydrogen) atoms. The molecule has 1 N–H and O–H groups in total. The van der Waals surface area contributed by atoms with Crippen LogP contribution in [0, 0.1) is 17.2 Å². The first-order chi connectivity index (χ1) is 12.9. The number of hydrogen-bond donors (Lipinski definition) is 1. The van der Waals surface area contributed by atoms with Crippen molar-refractivity contribution >= 4 is 27.3 Å². The molecule has 4 rings (SSSR count). The standard InChI is InChI=1S/C19H21N3O4S/c20-9-13-10-22(17(23)11-27(25,26)14-5-1-2-6-14)12-19(13)15-7-3-4-8-16(15)21-18(19)24/h3-4,7-8,13-14H,1-2,5-6,10-12H2,(H,21,24)/t13-,19-/m0/s1. The third-order valence-electron chi connectivity index (χ3n) is 6.14. The first-order valence-electron chi connectivity index (χ1n) is 9.18. The predicted molar refractivity (Wildman–Crippen MR) is 98.5 cm³/mol. The second-order valence-corrected chi connectivity index (χ2v) is 9.92. The maximum Gasteiger partial charge on any atom is 0.238 e. The van der Waals surface area contributed by atoms with Crippen molar-refractivity contribution in [2.75, 3.05) is 24.2 Å². The number of para-hydroxylation sites is 1. The Morgan fingerprint density at radius 1 is 1.30 bits per heavy atom. The fraction of sp³-hybridized carbons (Fsp3) is 0.526. The maximum absolute atomic E-state index is 12.8. The lowest BCUT2D eigenvalue weighted by Crippen LogP contribution is -2.43. The molecule has 2 fully saturated rings. The normalized spacial score (nSPS) is 27.6. The molecular formula is C19H21N3O4S. The SMILES string of the molecule is N#C[C@H]1CN(C(=O)CS(=O)(=O)C2CCCC2)C[C@]12C(=O)Nc1ccccc12. The molecule has 0 unspecified atom stereocenters. The number of amides is 2. The average molecular weight is 387 g/mol. The monoisotopic (exact) mass is 387 g/mol. The molecule has 1 spiro atoms. The van der Waals surface area contributed by atoms with Gasteiger partial charge < -0.3 is 10.2 Å². The minimum Gasteiger partial charge on any atom is -0.339 e. The molecule has 1 saturated carbocycles. The van der Waals surface area contributed by atoms with Crippen LogP contribution in [0.5, 0.6) is 0 Å². The van der Waals surface area contributed by atoms with E-state index in [1.54, 1.807) is 24.3 Å². The molecular weight excluding hydrogens is 366 g/mol. The predicted octanol–water partition coefficient (Wildman–Crippen LogP) is 1.22. The van der Waals surface area contributed by atoms with Crippen LogP contribution in [0.1, 0.15) is 31.2 Å². The third-order valence-corrected chi connectivity index (χ3v) is 8.28. The highest BCUT2D eigenvalue weighted by molar-refractivity contribution is 7.92. The van der Waals surface area contributed by atoms with Crippen LogP contribution in [0.4, 0.5) is 5.69 Å². The van der Waals surface area contributed by atoms with Crippen molar-refractivity contribution in [1.82, 2.24) is 4.90 Å². The van der Waals surface area contributed by atoms with E-state index in [1.165, 1.54) is 4.90 Å².